The van der Waals surface area contributed by atoms with E-state index in [4.69, 9.17) is 0 Å². The molecule has 0 N–H and O–H groups in total. The van der Waals surface area contributed by atoms with Gasteiger partial charge in [-0.2, -0.15) is 5.26 Å². The predicted molar refractivity (Wildman–Crippen MR) is 133 cm³/mol. The summed E-state index contributed by atoms with van der Waals surface area (Å²) in [7, 11) is 0. The second-order valence-corrected chi connectivity index (χ2v) is 10.4. The maximum absolute atomic E-state index is 13.5. The number of hydrogen-bond acceptors (Lipinski definition) is 6. The van der Waals surface area contributed by atoms with Crippen molar-refractivity contribution in [1.82, 2.24) is 9.88 Å². The topological polar surface area (TPSA) is 94.4 Å². The zero-order valence-corrected chi connectivity index (χ0v) is 21.3. The third kappa shape index (κ3) is 5.18. The number of carbonyl (C=O) groups excluding carboxylic acids is 3. The molecule has 0 spiro atoms. The van der Waals surface area contributed by atoms with E-state index in [0.29, 0.717) is 16.3 Å². The lowest BCUT2D eigenvalue weighted by Crippen LogP contribution is -2.52. The number of benzene rings is 1. The Morgan fingerprint density at radius 2 is 1.88 bits per heavy atom. The molecule has 1 aliphatic carbocycles. The van der Waals surface area contributed by atoms with Crippen molar-refractivity contribution in [3.8, 4) is 6.07 Å². The van der Waals surface area contributed by atoms with Crippen LogP contribution in [0.15, 0.2) is 45.9 Å². The zero-order chi connectivity index (χ0) is 24.2. The number of pyridine rings is 1. The van der Waals surface area contributed by atoms with Crippen molar-refractivity contribution in [1.29, 1.82) is 5.26 Å². The number of carbonyl (C=O) groups is 3. The number of nitriles is 1. The number of nitrogens with zero attached hydrogens (tertiary/aromatic N) is 4. The number of thioether (sulfide) groups is 1. The standard InChI is InChI=1S/C25H25BrN4O3S/c1-16-7-8-17(14-27)24(28-16)34-15-23(32)29(19-5-3-2-4-6-19)21-13-22(31)30(25(21)33)20-11-9-18(26)10-12-20/h7-12,19,21H,2-6,13,15H2,1H3. The van der Waals surface area contributed by atoms with Gasteiger partial charge in [-0.1, -0.05) is 47.0 Å². The lowest BCUT2D eigenvalue weighted by molar-refractivity contribution is -0.139. The molecule has 2 aromatic rings. The summed E-state index contributed by atoms with van der Waals surface area (Å²) < 4.78 is 0.851. The Morgan fingerprint density at radius 3 is 2.56 bits per heavy atom. The maximum Gasteiger partial charge on any atom is 0.257 e. The molecule has 1 saturated carbocycles. The average Bonchev–Trinajstić information content (AvgIpc) is 3.12. The average molecular weight is 541 g/mol. The highest BCUT2D eigenvalue weighted by atomic mass is 79.9. The minimum atomic E-state index is -0.812. The molecule has 176 valence electrons. The molecule has 1 aromatic carbocycles. The van der Waals surface area contributed by atoms with Crippen molar-refractivity contribution in [3.63, 3.8) is 0 Å². The highest BCUT2D eigenvalue weighted by Crippen LogP contribution is 2.32. The van der Waals surface area contributed by atoms with Gasteiger partial charge in [0.05, 0.1) is 23.4 Å². The van der Waals surface area contributed by atoms with E-state index in [2.05, 4.69) is 27.0 Å². The van der Waals surface area contributed by atoms with Crippen molar-refractivity contribution in [2.45, 2.75) is 62.6 Å². The van der Waals surface area contributed by atoms with Gasteiger partial charge in [0.2, 0.25) is 11.8 Å². The van der Waals surface area contributed by atoms with Crippen molar-refractivity contribution in [2.24, 2.45) is 0 Å². The SMILES string of the molecule is Cc1ccc(C#N)c(SCC(=O)N(C2CCCCC2)C2CC(=O)N(c3ccc(Br)cc3)C2=O)n1. The van der Waals surface area contributed by atoms with E-state index in [0.717, 1.165) is 42.3 Å². The van der Waals surface area contributed by atoms with Crippen LogP contribution in [0, 0.1) is 18.3 Å². The second-order valence-electron chi connectivity index (χ2n) is 8.56. The molecule has 4 rings (SSSR count). The van der Waals surface area contributed by atoms with E-state index in [1.807, 2.05) is 6.92 Å². The lowest BCUT2D eigenvalue weighted by Gasteiger charge is -2.37. The van der Waals surface area contributed by atoms with Crippen molar-refractivity contribution >= 4 is 51.1 Å². The fraction of sp³-hybridized carbons (Fsp3) is 0.400. The number of imide groups is 1. The summed E-state index contributed by atoms with van der Waals surface area (Å²) in [6.07, 6.45) is 4.70. The molecule has 1 aliphatic heterocycles. The summed E-state index contributed by atoms with van der Waals surface area (Å²) in [4.78, 5) is 47.1. The molecule has 9 heteroatoms. The maximum atomic E-state index is 13.5. The van der Waals surface area contributed by atoms with Crippen LogP contribution in [-0.4, -0.2) is 45.4 Å². The summed E-state index contributed by atoms with van der Waals surface area (Å²) in [5.74, 6) is -0.806. The molecular formula is C25H25BrN4O3S. The van der Waals surface area contributed by atoms with Crippen LogP contribution in [-0.2, 0) is 14.4 Å². The highest BCUT2D eigenvalue weighted by Gasteiger charge is 2.46. The molecule has 1 unspecified atom stereocenters. The van der Waals surface area contributed by atoms with Gasteiger partial charge >= 0.3 is 0 Å². The van der Waals surface area contributed by atoms with Gasteiger partial charge in [-0.15, -0.1) is 0 Å². The summed E-state index contributed by atoms with van der Waals surface area (Å²) in [5, 5.41) is 9.89. The van der Waals surface area contributed by atoms with E-state index >= 15 is 0 Å². The normalized spacial score (nSPS) is 18.7. The summed E-state index contributed by atoms with van der Waals surface area (Å²) in [5.41, 5.74) is 1.69. The molecule has 2 heterocycles. The predicted octanol–water partition coefficient (Wildman–Crippen LogP) is 4.61. The van der Waals surface area contributed by atoms with Gasteiger partial charge in [-0.25, -0.2) is 9.88 Å². The van der Waals surface area contributed by atoms with Crippen molar-refractivity contribution in [3.05, 3.63) is 52.1 Å². The van der Waals surface area contributed by atoms with Gasteiger partial charge in [-0.3, -0.25) is 14.4 Å². The van der Waals surface area contributed by atoms with Crippen LogP contribution in [0.3, 0.4) is 0 Å². The lowest BCUT2D eigenvalue weighted by atomic mass is 9.92. The van der Waals surface area contributed by atoms with Gasteiger partial charge in [0.1, 0.15) is 17.1 Å². The summed E-state index contributed by atoms with van der Waals surface area (Å²) in [6, 6.07) is 11.7. The number of rotatable bonds is 6. The number of anilines is 1. The highest BCUT2D eigenvalue weighted by molar-refractivity contribution is 9.10. The first-order valence-electron chi connectivity index (χ1n) is 11.3. The number of aromatic nitrogens is 1. The van der Waals surface area contributed by atoms with E-state index in [9.17, 15) is 19.6 Å². The molecule has 1 aromatic heterocycles. The molecule has 0 bridgehead atoms. The third-order valence-electron chi connectivity index (χ3n) is 6.25. The molecule has 2 aliphatic rings. The largest absolute Gasteiger partial charge is 0.326 e. The van der Waals surface area contributed by atoms with Gasteiger partial charge in [-0.05, 0) is 56.2 Å². The Labute approximate surface area is 211 Å². The van der Waals surface area contributed by atoms with E-state index in [1.165, 1.54) is 16.7 Å². The van der Waals surface area contributed by atoms with Crippen LogP contribution < -0.4 is 4.90 Å². The minimum Gasteiger partial charge on any atom is -0.326 e. The first-order valence-corrected chi connectivity index (χ1v) is 13.1. The fourth-order valence-electron chi connectivity index (χ4n) is 4.62. The monoisotopic (exact) mass is 540 g/mol. The van der Waals surface area contributed by atoms with Gasteiger partial charge in [0.25, 0.3) is 5.91 Å². The van der Waals surface area contributed by atoms with Crippen LogP contribution in [0.2, 0.25) is 0 Å². The van der Waals surface area contributed by atoms with Crippen LogP contribution in [0.4, 0.5) is 5.69 Å². The first kappa shape index (κ1) is 24.4. The van der Waals surface area contributed by atoms with Crippen molar-refractivity contribution in [2.75, 3.05) is 10.7 Å². The Kier molecular flexibility index (Phi) is 7.69. The molecule has 0 radical (unpaired) electrons. The van der Waals surface area contributed by atoms with Crippen LogP contribution >= 0.6 is 27.7 Å². The summed E-state index contributed by atoms with van der Waals surface area (Å²) >= 11 is 4.58. The van der Waals surface area contributed by atoms with Crippen LogP contribution in [0.1, 0.15) is 49.8 Å². The Balaban J connectivity index is 1.58. The number of amides is 3. The molecule has 3 amide bonds. The summed E-state index contributed by atoms with van der Waals surface area (Å²) in [6.45, 7) is 1.83. The molecular weight excluding hydrogens is 516 g/mol. The van der Waals surface area contributed by atoms with Crippen LogP contribution in [0.5, 0.6) is 0 Å². The molecule has 34 heavy (non-hydrogen) atoms. The Morgan fingerprint density at radius 1 is 1.18 bits per heavy atom. The second kappa shape index (κ2) is 10.7. The smallest absolute Gasteiger partial charge is 0.257 e. The third-order valence-corrected chi connectivity index (χ3v) is 7.76. The Hall–Kier alpha value is -2.70. The first-order chi connectivity index (χ1) is 16.4. The van der Waals surface area contributed by atoms with E-state index in [1.54, 1.807) is 41.3 Å². The molecule has 7 nitrogen and oxygen atoms in total. The van der Waals surface area contributed by atoms with Crippen LogP contribution in [0.25, 0.3) is 0 Å². The van der Waals surface area contributed by atoms with Gasteiger partial charge in [0.15, 0.2) is 0 Å². The fourth-order valence-corrected chi connectivity index (χ4v) is 5.77. The Bertz CT molecular complexity index is 1140. The quantitative estimate of drug-likeness (QED) is 0.392. The number of aryl methyl sites for hydroxylation is 1. The minimum absolute atomic E-state index is 0.0199. The molecule has 2 fully saturated rings. The molecule has 1 atom stereocenters. The van der Waals surface area contributed by atoms with E-state index < -0.39 is 6.04 Å². The number of halogens is 1. The van der Waals surface area contributed by atoms with Gasteiger partial charge in [0, 0.05) is 16.2 Å². The zero-order valence-electron chi connectivity index (χ0n) is 18.9. The number of hydrogen-bond donors (Lipinski definition) is 0. The molecule has 1 saturated heterocycles. The van der Waals surface area contributed by atoms with Crippen molar-refractivity contribution < 1.29 is 14.4 Å². The van der Waals surface area contributed by atoms with Gasteiger partial charge < -0.3 is 4.90 Å². The van der Waals surface area contributed by atoms with E-state index in [-0.39, 0.29) is 35.9 Å².